The summed E-state index contributed by atoms with van der Waals surface area (Å²) in [6.07, 6.45) is 0. The molecule has 0 amide bonds. The second-order valence-corrected chi connectivity index (χ2v) is 2.35. The van der Waals surface area contributed by atoms with Gasteiger partial charge in [-0.25, -0.2) is 9.18 Å². The molecular weight excluding hydrogens is 177 g/mol. The summed E-state index contributed by atoms with van der Waals surface area (Å²) in [4.78, 5) is 10.5. The SMILES string of the molecule is O=c1onc(-c2cccc(F)c2)o1. The summed E-state index contributed by atoms with van der Waals surface area (Å²) in [6, 6.07) is 5.52. The molecule has 0 atom stereocenters. The third-order valence-corrected chi connectivity index (χ3v) is 1.45. The fourth-order valence-electron chi connectivity index (χ4n) is 0.928. The normalized spacial score (nSPS) is 10.2. The van der Waals surface area contributed by atoms with Crippen molar-refractivity contribution in [1.82, 2.24) is 5.16 Å². The molecule has 0 fully saturated rings. The van der Waals surface area contributed by atoms with Crippen LogP contribution in [0.25, 0.3) is 11.5 Å². The van der Waals surface area contributed by atoms with Crippen LogP contribution in [0.15, 0.2) is 38.0 Å². The smallest absolute Gasteiger partial charge is 0.370 e. The van der Waals surface area contributed by atoms with Gasteiger partial charge in [-0.3, -0.25) is 4.52 Å². The summed E-state index contributed by atoms with van der Waals surface area (Å²) in [5.41, 5.74) is 0.367. The number of benzene rings is 1. The summed E-state index contributed by atoms with van der Waals surface area (Å²) in [6.45, 7) is 0. The van der Waals surface area contributed by atoms with E-state index in [1.54, 1.807) is 6.07 Å². The average Bonchev–Trinajstić information content (AvgIpc) is 2.52. The van der Waals surface area contributed by atoms with E-state index in [1.165, 1.54) is 18.2 Å². The molecule has 0 spiro atoms. The van der Waals surface area contributed by atoms with E-state index in [0.29, 0.717) is 5.56 Å². The molecule has 0 radical (unpaired) electrons. The first-order valence-corrected chi connectivity index (χ1v) is 3.48. The maximum absolute atomic E-state index is 12.7. The Morgan fingerprint density at radius 3 is 2.85 bits per heavy atom. The van der Waals surface area contributed by atoms with Crippen LogP contribution in [0.5, 0.6) is 0 Å². The molecule has 0 saturated heterocycles. The highest BCUT2D eigenvalue weighted by molar-refractivity contribution is 5.51. The van der Waals surface area contributed by atoms with Crippen LogP contribution in [-0.2, 0) is 0 Å². The van der Waals surface area contributed by atoms with Crippen molar-refractivity contribution < 1.29 is 13.3 Å². The lowest BCUT2D eigenvalue weighted by Crippen LogP contribution is -1.85. The minimum Gasteiger partial charge on any atom is -0.370 e. The van der Waals surface area contributed by atoms with Gasteiger partial charge >= 0.3 is 5.82 Å². The van der Waals surface area contributed by atoms with Gasteiger partial charge in [-0.15, -0.1) is 0 Å². The minimum absolute atomic E-state index is 0.0236. The van der Waals surface area contributed by atoms with Crippen LogP contribution in [0.3, 0.4) is 0 Å². The number of rotatable bonds is 1. The van der Waals surface area contributed by atoms with E-state index in [9.17, 15) is 9.18 Å². The Balaban J connectivity index is 2.52. The minimum atomic E-state index is -0.903. The Morgan fingerprint density at radius 1 is 1.38 bits per heavy atom. The van der Waals surface area contributed by atoms with Crippen molar-refractivity contribution in [2.75, 3.05) is 0 Å². The summed E-state index contributed by atoms with van der Waals surface area (Å²) in [5, 5.41) is 3.31. The first-order valence-electron chi connectivity index (χ1n) is 3.48. The summed E-state index contributed by atoms with van der Waals surface area (Å²) in [5.74, 6) is -1.35. The molecule has 2 rings (SSSR count). The molecule has 0 N–H and O–H groups in total. The highest BCUT2D eigenvalue weighted by Gasteiger charge is 2.06. The molecule has 0 aliphatic carbocycles. The first-order chi connectivity index (χ1) is 6.25. The predicted molar refractivity (Wildman–Crippen MR) is 40.4 cm³/mol. The second-order valence-electron chi connectivity index (χ2n) is 2.35. The zero-order valence-corrected chi connectivity index (χ0v) is 6.36. The lowest BCUT2D eigenvalue weighted by molar-refractivity contribution is 0.335. The van der Waals surface area contributed by atoms with Crippen LogP contribution in [0.1, 0.15) is 0 Å². The van der Waals surface area contributed by atoms with Crippen molar-refractivity contribution in [2.24, 2.45) is 0 Å². The molecule has 1 heterocycles. The van der Waals surface area contributed by atoms with Gasteiger partial charge in [-0.05, 0) is 23.4 Å². The van der Waals surface area contributed by atoms with Gasteiger partial charge < -0.3 is 4.42 Å². The van der Waals surface area contributed by atoms with Gasteiger partial charge in [0, 0.05) is 5.56 Å². The van der Waals surface area contributed by atoms with Crippen molar-refractivity contribution in [3.05, 3.63) is 40.7 Å². The number of hydrogen-bond acceptors (Lipinski definition) is 4. The van der Waals surface area contributed by atoms with Gasteiger partial charge in [-0.1, -0.05) is 6.07 Å². The van der Waals surface area contributed by atoms with E-state index in [-0.39, 0.29) is 5.89 Å². The third-order valence-electron chi connectivity index (χ3n) is 1.45. The van der Waals surface area contributed by atoms with Crippen molar-refractivity contribution in [3.8, 4) is 11.5 Å². The lowest BCUT2D eigenvalue weighted by atomic mass is 10.2. The van der Waals surface area contributed by atoms with Crippen LogP contribution in [0.4, 0.5) is 4.39 Å². The predicted octanol–water partition coefficient (Wildman–Crippen LogP) is 1.43. The largest absolute Gasteiger partial charge is 0.542 e. The number of hydrogen-bond donors (Lipinski definition) is 0. The monoisotopic (exact) mass is 181 g/mol. The molecule has 13 heavy (non-hydrogen) atoms. The topological polar surface area (TPSA) is 56.2 Å². The quantitative estimate of drug-likeness (QED) is 0.667. The molecule has 2 aromatic rings. The van der Waals surface area contributed by atoms with Gasteiger partial charge in [0.2, 0.25) is 0 Å². The first kappa shape index (κ1) is 7.72. The maximum Gasteiger partial charge on any atom is 0.542 e. The Bertz CT molecular complexity index is 474. The summed E-state index contributed by atoms with van der Waals surface area (Å²) < 4.78 is 21.4. The van der Waals surface area contributed by atoms with Gasteiger partial charge in [0.15, 0.2) is 0 Å². The van der Waals surface area contributed by atoms with E-state index >= 15 is 0 Å². The third kappa shape index (κ3) is 1.48. The molecule has 66 valence electrons. The van der Waals surface area contributed by atoms with Crippen LogP contribution < -0.4 is 5.82 Å². The Kier molecular flexibility index (Phi) is 1.70. The van der Waals surface area contributed by atoms with Crippen LogP contribution in [-0.4, -0.2) is 5.16 Å². The van der Waals surface area contributed by atoms with Crippen molar-refractivity contribution in [2.45, 2.75) is 0 Å². The van der Waals surface area contributed by atoms with E-state index < -0.39 is 11.6 Å². The van der Waals surface area contributed by atoms with Gasteiger partial charge in [0.25, 0.3) is 5.89 Å². The fraction of sp³-hybridized carbons (Fsp3) is 0. The lowest BCUT2D eigenvalue weighted by Gasteiger charge is -1.91. The van der Waals surface area contributed by atoms with Crippen LogP contribution in [0.2, 0.25) is 0 Å². The Morgan fingerprint density at radius 2 is 2.23 bits per heavy atom. The van der Waals surface area contributed by atoms with Crippen molar-refractivity contribution >= 4 is 0 Å². The molecular formula is C8H4FNO3. The molecule has 0 aliphatic rings. The van der Waals surface area contributed by atoms with Crippen LogP contribution >= 0.6 is 0 Å². The van der Waals surface area contributed by atoms with E-state index in [2.05, 4.69) is 14.1 Å². The number of aromatic nitrogens is 1. The molecule has 1 aromatic carbocycles. The molecule has 0 saturated carbocycles. The van der Waals surface area contributed by atoms with E-state index in [0.717, 1.165) is 0 Å². The number of halogens is 1. The standard InChI is InChI=1S/C8H4FNO3/c9-6-3-1-2-5(4-6)7-10-13-8(11)12-7/h1-4H. The molecule has 0 unspecified atom stereocenters. The summed E-state index contributed by atoms with van der Waals surface area (Å²) >= 11 is 0. The average molecular weight is 181 g/mol. The second kappa shape index (κ2) is 2.85. The number of nitrogens with zero attached hydrogens (tertiary/aromatic N) is 1. The fourth-order valence-corrected chi connectivity index (χ4v) is 0.928. The molecule has 4 nitrogen and oxygen atoms in total. The molecule has 0 aliphatic heterocycles. The maximum atomic E-state index is 12.7. The van der Waals surface area contributed by atoms with Crippen molar-refractivity contribution in [1.29, 1.82) is 0 Å². The van der Waals surface area contributed by atoms with Gasteiger partial charge in [0.1, 0.15) is 5.82 Å². The highest BCUT2D eigenvalue weighted by atomic mass is 19.1. The van der Waals surface area contributed by atoms with E-state index in [4.69, 9.17) is 0 Å². The highest BCUT2D eigenvalue weighted by Crippen LogP contribution is 2.15. The molecule has 1 aromatic heterocycles. The summed E-state index contributed by atoms with van der Waals surface area (Å²) in [7, 11) is 0. The molecule has 0 bridgehead atoms. The Hall–Kier alpha value is -1.91. The van der Waals surface area contributed by atoms with E-state index in [1.807, 2.05) is 0 Å². The van der Waals surface area contributed by atoms with Crippen LogP contribution in [0, 0.1) is 5.82 Å². The zero-order chi connectivity index (χ0) is 9.26. The van der Waals surface area contributed by atoms with Gasteiger partial charge in [0.05, 0.1) is 0 Å². The zero-order valence-electron chi connectivity index (χ0n) is 6.36. The Labute approximate surface area is 71.6 Å². The van der Waals surface area contributed by atoms with Crippen molar-refractivity contribution in [3.63, 3.8) is 0 Å². The molecule has 5 heteroatoms. The van der Waals surface area contributed by atoms with Gasteiger partial charge in [-0.2, -0.15) is 0 Å².